The molecule has 5 rings (SSSR count). The van der Waals surface area contributed by atoms with Crippen molar-refractivity contribution >= 4 is 63.8 Å². The van der Waals surface area contributed by atoms with E-state index in [0.717, 1.165) is 19.0 Å². The van der Waals surface area contributed by atoms with Gasteiger partial charge in [-0.05, 0) is 72.9 Å². The lowest BCUT2D eigenvalue weighted by atomic mass is 10.0. The fourth-order valence-corrected chi connectivity index (χ4v) is 10.4. The van der Waals surface area contributed by atoms with Gasteiger partial charge in [0.2, 0.25) is 5.75 Å². The Morgan fingerprint density at radius 1 is 0.681 bits per heavy atom. The van der Waals surface area contributed by atoms with E-state index in [-0.39, 0.29) is 17.9 Å². The molecule has 0 aliphatic rings. The van der Waals surface area contributed by atoms with Gasteiger partial charge >= 0.3 is 11.7 Å². The summed E-state index contributed by atoms with van der Waals surface area (Å²) < 4.78 is 5.48. The number of hydrogen-bond donors (Lipinski definition) is 0. The van der Waals surface area contributed by atoms with Crippen molar-refractivity contribution in [1.82, 2.24) is 0 Å². The minimum Gasteiger partial charge on any atom is -0.419 e. The molecule has 0 spiro atoms. The van der Waals surface area contributed by atoms with Crippen LogP contribution in [0.4, 0.5) is 5.69 Å². The zero-order chi connectivity index (χ0) is 33.2. The van der Waals surface area contributed by atoms with E-state index < -0.39 is 28.8 Å². The average Bonchev–Trinajstić information content (AvgIpc) is 3.11. The zero-order valence-corrected chi connectivity index (χ0v) is 27.9. The number of carbonyl (C=O) groups excluding carboxylic acids is 2. The Hall–Kier alpha value is -4.35. The van der Waals surface area contributed by atoms with Crippen LogP contribution in [-0.2, 0) is 4.79 Å². The van der Waals surface area contributed by atoms with E-state index in [1.165, 1.54) is 28.0 Å². The fraction of sp³-hybridized carbons (Fsp3) is 0.158. The number of nitro benzene ring substituents is 1. The van der Waals surface area contributed by atoms with Crippen molar-refractivity contribution < 1.29 is 19.2 Å². The molecule has 0 unspecified atom stereocenters. The van der Waals surface area contributed by atoms with E-state index in [1.54, 1.807) is 30.3 Å². The number of rotatable bonds is 14. The highest BCUT2D eigenvalue weighted by molar-refractivity contribution is 7.95. The zero-order valence-electron chi connectivity index (χ0n) is 25.5. The van der Waals surface area contributed by atoms with Gasteiger partial charge < -0.3 is 4.74 Å². The van der Waals surface area contributed by atoms with Gasteiger partial charge in [-0.3, -0.25) is 19.7 Å². The molecule has 0 aliphatic heterocycles. The number of unbranched alkanes of at least 4 members (excludes halogenated alkanes) is 2. The Balaban J connectivity index is 1.24. The number of ether oxygens (including phenoxy) is 1. The molecule has 0 amide bonds. The highest BCUT2D eigenvalue weighted by Crippen LogP contribution is 2.56. The Morgan fingerprint density at radius 3 is 1.68 bits per heavy atom. The number of halogens is 2. The molecule has 0 bridgehead atoms. The lowest BCUT2D eigenvalue weighted by molar-refractivity contribution is -0.385. The molecule has 0 heterocycles. The molecule has 238 valence electrons. The summed E-state index contributed by atoms with van der Waals surface area (Å²) in [5, 5.41) is 15.8. The minimum absolute atomic E-state index is 0.107. The highest BCUT2D eigenvalue weighted by atomic mass is 35.5. The predicted octanol–water partition coefficient (Wildman–Crippen LogP) is 8.71. The standard InChI is InChI=1S/C38H33Cl2NO5P/c39-38(40)37(43)29-22-20-28(21-23-29)30-24-25-35(34(27-30)41(44)45)46-36(42)19-11-4-12-26-47(31-13-5-1-6-14-31,32-15-7-2-8-16-32)33-17-9-3-10-18-33/h1-3,5-10,13-18,20-25,27,38H,4,11-12,19,26H2/q+1. The van der Waals surface area contributed by atoms with Crippen LogP contribution in [0.2, 0.25) is 0 Å². The first-order chi connectivity index (χ1) is 22.8. The molecular formula is C38H33Cl2NO5P+. The third kappa shape index (κ3) is 8.15. The quantitative estimate of drug-likeness (QED) is 0.0171. The second-order valence-electron chi connectivity index (χ2n) is 11.0. The first-order valence-corrected chi connectivity index (χ1v) is 18.1. The van der Waals surface area contributed by atoms with Crippen LogP contribution in [0, 0.1) is 10.1 Å². The van der Waals surface area contributed by atoms with Crippen molar-refractivity contribution in [2.24, 2.45) is 0 Å². The maximum Gasteiger partial charge on any atom is 0.312 e. The normalized spacial score (nSPS) is 11.3. The van der Waals surface area contributed by atoms with Crippen LogP contribution in [0.1, 0.15) is 36.0 Å². The Labute approximate surface area is 284 Å². The summed E-state index contributed by atoms with van der Waals surface area (Å²) in [5.74, 6) is -1.06. The number of Topliss-reactive ketones (excluding diaryl/α,β-unsaturated/α-hetero) is 1. The summed E-state index contributed by atoms with van der Waals surface area (Å²) in [6.45, 7) is 0. The van der Waals surface area contributed by atoms with Crippen LogP contribution in [0.25, 0.3) is 11.1 Å². The fourth-order valence-electron chi connectivity index (χ4n) is 5.73. The molecule has 0 fully saturated rings. The molecule has 5 aromatic rings. The van der Waals surface area contributed by atoms with Crippen LogP contribution < -0.4 is 20.7 Å². The van der Waals surface area contributed by atoms with Crippen molar-refractivity contribution in [3.05, 3.63) is 149 Å². The molecule has 0 atom stereocenters. The van der Waals surface area contributed by atoms with Crippen molar-refractivity contribution in [2.45, 2.75) is 30.5 Å². The van der Waals surface area contributed by atoms with Gasteiger partial charge in [0.25, 0.3) is 0 Å². The lowest BCUT2D eigenvalue weighted by Crippen LogP contribution is -2.33. The molecule has 6 nitrogen and oxygen atoms in total. The molecule has 0 aliphatic carbocycles. The van der Waals surface area contributed by atoms with Crippen LogP contribution in [0.3, 0.4) is 0 Å². The average molecular weight is 686 g/mol. The Morgan fingerprint density at radius 2 is 1.19 bits per heavy atom. The maximum atomic E-state index is 12.8. The summed E-state index contributed by atoms with van der Waals surface area (Å²) in [6.07, 6.45) is 3.39. The molecule has 0 N–H and O–H groups in total. The first kappa shape index (κ1) is 34.0. The van der Waals surface area contributed by atoms with Gasteiger partial charge in [-0.1, -0.05) is 108 Å². The Kier molecular flexibility index (Phi) is 11.6. The molecular weight excluding hydrogens is 652 g/mol. The number of benzene rings is 5. The summed E-state index contributed by atoms with van der Waals surface area (Å²) in [6, 6.07) is 42.8. The number of nitrogens with zero attached hydrogens (tertiary/aromatic N) is 1. The SMILES string of the molecule is O=C(CCCCC[P+](c1ccccc1)(c1ccccc1)c1ccccc1)Oc1ccc(-c2ccc(C(=O)C(Cl)Cl)cc2)cc1[N+](=O)[O-]. The van der Waals surface area contributed by atoms with E-state index in [4.69, 9.17) is 27.9 Å². The number of esters is 1. The van der Waals surface area contributed by atoms with Crippen LogP contribution in [0.5, 0.6) is 5.75 Å². The third-order valence-electron chi connectivity index (χ3n) is 8.05. The molecule has 0 aromatic heterocycles. The first-order valence-electron chi connectivity index (χ1n) is 15.3. The number of carbonyl (C=O) groups is 2. The van der Waals surface area contributed by atoms with E-state index in [2.05, 4.69) is 72.8 Å². The van der Waals surface area contributed by atoms with E-state index in [1.807, 2.05) is 18.2 Å². The van der Waals surface area contributed by atoms with E-state index in [0.29, 0.717) is 23.1 Å². The second-order valence-corrected chi connectivity index (χ2v) is 15.7. The topological polar surface area (TPSA) is 86.5 Å². The Bertz CT molecular complexity index is 1720. The monoisotopic (exact) mass is 684 g/mol. The van der Waals surface area contributed by atoms with Gasteiger partial charge in [0.05, 0.1) is 11.1 Å². The van der Waals surface area contributed by atoms with Crippen LogP contribution >= 0.6 is 30.5 Å². The van der Waals surface area contributed by atoms with Crippen LogP contribution in [0.15, 0.2) is 133 Å². The van der Waals surface area contributed by atoms with E-state index >= 15 is 0 Å². The summed E-state index contributed by atoms with van der Waals surface area (Å²) in [4.78, 5) is 35.0. The van der Waals surface area contributed by atoms with Crippen molar-refractivity contribution in [1.29, 1.82) is 0 Å². The van der Waals surface area contributed by atoms with Gasteiger partial charge in [-0.2, -0.15) is 0 Å². The van der Waals surface area contributed by atoms with Gasteiger partial charge in [0, 0.05) is 18.1 Å². The molecule has 47 heavy (non-hydrogen) atoms. The van der Waals surface area contributed by atoms with Gasteiger partial charge in [-0.15, -0.1) is 0 Å². The predicted molar refractivity (Wildman–Crippen MR) is 192 cm³/mol. The smallest absolute Gasteiger partial charge is 0.312 e. The van der Waals surface area contributed by atoms with Crippen molar-refractivity contribution in [3.8, 4) is 16.9 Å². The highest BCUT2D eigenvalue weighted by Gasteiger charge is 2.44. The summed E-state index contributed by atoms with van der Waals surface area (Å²) in [7, 11) is -1.95. The minimum atomic E-state index is -1.95. The lowest BCUT2D eigenvalue weighted by Gasteiger charge is -2.27. The van der Waals surface area contributed by atoms with Gasteiger partial charge in [-0.25, -0.2) is 0 Å². The molecule has 0 saturated heterocycles. The second kappa shape index (κ2) is 16.0. The summed E-state index contributed by atoms with van der Waals surface area (Å²) >= 11 is 11.3. The largest absolute Gasteiger partial charge is 0.419 e. The summed E-state index contributed by atoms with van der Waals surface area (Å²) in [5.41, 5.74) is 1.19. The van der Waals surface area contributed by atoms with Gasteiger partial charge in [0.15, 0.2) is 10.6 Å². The van der Waals surface area contributed by atoms with E-state index in [9.17, 15) is 19.7 Å². The molecule has 9 heteroatoms. The molecule has 5 aromatic carbocycles. The van der Waals surface area contributed by atoms with Gasteiger partial charge in [0.1, 0.15) is 23.2 Å². The maximum absolute atomic E-state index is 12.8. The molecule has 0 saturated carbocycles. The number of ketones is 1. The number of hydrogen-bond acceptors (Lipinski definition) is 5. The van der Waals surface area contributed by atoms with Crippen LogP contribution in [-0.4, -0.2) is 27.7 Å². The molecule has 0 radical (unpaired) electrons. The number of alkyl halides is 2. The van der Waals surface area contributed by atoms with Crippen molar-refractivity contribution in [3.63, 3.8) is 0 Å². The van der Waals surface area contributed by atoms with Crippen molar-refractivity contribution in [2.75, 3.05) is 6.16 Å². The number of nitro groups is 1. The third-order valence-corrected chi connectivity index (χ3v) is 13.0.